The van der Waals surface area contributed by atoms with E-state index in [1.165, 1.54) is 0 Å². The molecule has 0 aromatic heterocycles. The minimum absolute atomic E-state index is 0.00909. The number of hydrogen-bond acceptors (Lipinski definition) is 5. The van der Waals surface area contributed by atoms with Gasteiger partial charge in [0.2, 0.25) is 0 Å². The van der Waals surface area contributed by atoms with E-state index < -0.39 is 16.5 Å². The molecule has 1 heterocycles. The first-order valence-electron chi connectivity index (χ1n) is 4.41. The van der Waals surface area contributed by atoms with Crippen LogP contribution in [-0.2, 0) is 18.8 Å². The molecule has 2 rings (SSSR count). The van der Waals surface area contributed by atoms with Gasteiger partial charge in [-0.15, -0.1) is 0 Å². The van der Waals surface area contributed by atoms with Crippen LogP contribution in [-0.4, -0.2) is 27.7 Å². The van der Waals surface area contributed by atoms with Gasteiger partial charge in [-0.2, -0.15) is 8.42 Å². The first-order chi connectivity index (χ1) is 7.16. The Morgan fingerprint density at radius 2 is 2.07 bits per heavy atom. The van der Waals surface area contributed by atoms with Crippen molar-refractivity contribution in [1.82, 2.24) is 0 Å². The second-order valence-corrected chi connectivity index (χ2v) is 4.28. The van der Waals surface area contributed by atoms with Gasteiger partial charge >= 0.3 is 10.4 Å². The Bertz CT molecular complexity index is 413. The van der Waals surface area contributed by atoms with Gasteiger partial charge < -0.3 is 4.74 Å². The van der Waals surface area contributed by atoms with Crippen LogP contribution in [0.4, 0.5) is 0 Å². The van der Waals surface area contributed by atoms with Gasteiger partial charge in [-0.05, 0) is 12.1 Å². The van der Waals surface area contributed by atoms with Crippen LogP contribution in [0, 0.1) is 0 Å². The summed E-state index contributed by atoms with van der Waals surface area (Å²) in [6, 6.07) is 9.09. The predicted molar refractivity (Wildman–Crippen MR) is 51.7 cm³/mol. The van der Waals surface area contributed by atoms with Crippen LogP contribution >= 0.6 is 0 Å². The van der Waals surface area contributed by atoms with Gasteiger partial charge in [0.1, 0.15) is 18.5 Å². The molecule has 1 atom stereocenters. The normalized spacial score (nSPS) is 23.9. The Hall–Kier alpha value is -1.11. The highest BCUT2D eigenvalue weighted by Crippen LogP contribution is 2.15. The van der Waals surface area contributed by atoms with E-state index in [1.54, 1.807) is 12.1 Å². The third kappa shape index (κ3) is 2.92. The van der Waals surface area contributed by atoms with Gasteiger partial charge in [0.05, 0.1) is 6.61 Å². The fourth-order valence-corrected chi connectivity index (χ4v) is 1.98. The third-order valence-electron chi connectivity index (χ3n) is 1.83. The molecule has 1 unspecified atom stereocenters. The quantitative estimate of drug-likeness (QED) is 0.765. The van der Waals surface area contributed by atoms with Crippen LogP contribution in [0.1, 0.15) is 0 Å². The number of rotatable bonds is 3. The van der Waals surface area contributed by atoms with Crippen LogP contribution in [0.2, 0.25) is 0 Å². The summed E-state index contributed by atoms with van der Waals surface area (Å²) in [6.07, 6.45) is -0.560. The zero-order valence-electron chi connectivity index (χ0n) is 7.83. The van der Waals surface area contributed by atoms with Crippen LogP contribution in [0.5, 0.6) is 5.75 Å². The van der Waals surface area contributed by atoms with E-state index in [9.17, 15) is 8.42 Å². The lowest BCUT2D eigenvalue weighted by Gasteiger charge is -2.08. The number of benzene rings is 1. The fraction of sp³-hybridized carbons (Fsp3) is 0.333. The van der Waals surface area contributed by atoms with Gasteiger partial charge in [0, 0.05) is 0 Å². The Balaban J connectivity index is 1.85. The molecule has 0 spiro atoms. The van der Waals surface area contributed by atoms with E-state index >= 15 is 0 Å². The van der Waals surface area contributed by atoms with E-state index in [2.05, 4.69) is 8.37 Å². The smallest absolute Gasteiger partial charge is 0.400 e. The first-order valence-corrected chi connectivity index (χ1v) is 5.74. The first kappa shape index (κ1) is 10.4. The topological polar surface area (TPSA) is 61.8 Å². The van der Waals surface area contributed by atoms with Crippen LogP contribution in [0.25, 0.3) is 0 Å². The molecule has 0 radical (unpaired) electrons. The predicted octanol–water partition coefficient (Wildman–Crippen LogP) is 0.726. The van der Waals surface area contributed by atoms with Crippen molar-refractivity contribution in [3.05, 3.63) is 30.3 Å². The number of ether oxygens (including phenoxy) is 1. The average molecular weight is 230 g/mol. The van der Waals surface area contributed by atoms with E-state index in [0.29, 0.717) is 5.75 Å². The Kier molecular flexibility index (Phi) is 2.90. The molecule has 1 fully saturated rings. The fourth-order valence-electron chi connectivity index (χ4n) is 1.16. The van der Waals surface area contributed by atoms with Crippen molar-refractivity contribution in [3.8, 4) is 5.75 Å². The van der Waals surface area contributed by atoms with Gasteiger partial charge in [-0.1, -0.05) is 18.2 Å². The van der Waals surface area contributed by atoms with Crippen LogP contribution in [0.15, 0.2) is 30.3 Å². The monoisotopic (exact) mass is 230 g/mol. The van der Waals surface area contributed by atoms with Crippen molar-refractivity contribution in [1.29, 1.82) is 0 Å². The van der Waals surface area contributed by atoms with Gasteiger partial charge in [0.25, 0.3) is 0 Å². The molecule has 5 nitrogen and oxygen atoms in total. The molecule has 0 N–H and O–H groups in total. The summed E-state index contributed by atoms with van der Waals surface area (Å²) < 4.78 is 35.8. The average Bonchev–Trinajstić information content (AvgIpc) is 2.57. The summed E-state index contributed by atoms with van der Waals surface area (Å²) in [5.74, 6) is 0.672. The lowest BCUT2D eigenvalue weighted by molar-refractivity contribution is 0.149. The molecule has 1 aliphatic rings. The van der Waals surface area contributed by atoms with Crippen molar-refractivity contribution in [2.24, 2.45) is 0 Å². The molecule has 1 saturated heterocycles. The minimum atomic E-state index is -3.78. The highest BCUT2D eigenvalue weighted by Gasteiger charge is 2.30. The third-order valence-corrected chi connectivity index (χ3v) is 2.76. The zero-order valence-corrected chi connectivity index (χ0v) is 8.64. The molecule has 6 heteroatoms. The van der Waals surface area contributed by atoms with Gasteiger partial charge in [-0.25, -0.2) is 8.37 Å². The van der Waals surface area contributed by atoms with E-state index in [0.717, 1.165) is 0 Å². The lowest BCUT2D eigenvalue weighted by Crippen LogP contribution is -2.20. The SMILES string of the molecule is O=S1(=O)OCC(COc2ccccc2)O1. The maximum atomic E-state index is 10.8. The van der Waals surface area contributed by atoms with Crippen molar-refractivity contribution in [3.63, 3.8) is 0 Å². The largest absolute Gasteiger partial charge is 0.491 e. The van der Waals surface area contributed by atoms with Crippen molar-refractivity contribution >= 4 is 10.4 Å². The summed E-state index contributed by atoms with van der Waals surface area (Å²) in [7, 11) is -3.78. The van der Waals surface area contributed by atoms with E-state index in [4.69, 9.17) is 4.74 Å². The summed E-state index contributed by atoms with van der Waals surface area (Å²) in [5.41, 5.74) is 0. The van der Waals surface area contributed by atoms with Crippen LogP contribution in [0.3, 0.4) is 0 Å². The maximum absolute atomic E-state index is 10.8. The molecular formula is C9H10O5S. The molecule has 0 aliphatic carbocycles. The van der Waals surface area contributed by atoms with Crippen molar-refractivity contribution < 1.29 is 21.5 Å². The zero-order chi connectivity index (χ0) is 10.7. The highest BCUT2D eigenvalue weighted by atomic mass is 32.3. The second-order valence-electron chi connectivity index (χ2n) is 3.04. The molecule has 15 heavy (non-hydrogen) atoms. The molecule has 0 bridgehead atoms. The Labute approximate surface area is 87.9 Å². The van der Waals surface area contributed by atoms with Crippen molar-refractivity contribution in [2.45, 2.75) is 6.10 Å². The molecule has 0 saturated carbocycles. The second kappa shape index (κ2) is 4.18. The number of hydrogen-bond donors (Lipinski definition) is 0. The highest BCUT2D eigenvalue weighted by molar-refractivity contribution is 7.82. The van der Waals surface area contributed by atoms with E-state index in [1.807, 2.05) is 18.2 Å². The summed E-state index contributed by atoms with van der Waals surface area (Å²) in [4.78, 5) is 0. The Morgan fingerprint density at radius 1 is 1.33 bits per heavy atom. The standard InChI is InChI=1S/C9H10O5S/c10-15(11)13-7-9(14-15)6-12-8-4-2-1-3-5-8/h1-5,9H,6-7H2. The van der Waals surface area contributed by atoms with Crippen molar-refractivity contribution in [2.75, 3.05) is 13.2 Å². The summed E-state index contributed by atoms with van der Waals surface area (Å²) in [5, 5.41) is 0. The Morgan fingerprint density at radius 3 is 2.67 bits per heavy atom. The molecule has 82 valence electrons. The molecule has 0 amide bonds. The number of para-hydroxylation sites is 1. The van der Waals surface area contributed by atoms with Crippen LogP contribution < -0.4 is 4.74 Å². The van der Waals surface area contributed by atoms with E-state index in [-0.39, 0.29) is 13.2 Å². The minimum Gasteiger partial charge on any atom is -0.491 e. The molecule has 1 aliphatic heterocycles. The lowest BCUT2D eigenvalue weighted by atomic mass is 10.3. The molecule has 1 aromatic carbocycles. The van der Waals surface area contributed by atoms with Gasteiger partial charge in [-0.3, -0.25) is 0 Å². The maximum Gasteiger partial charge on any atom is 0.400 e. The summed E-state index contributed by atoms with van der Waals surface area (Å²) >= 11 is 0. The van der Waals surface area contributed by atoms with Gasteiger partial charge in [0.15, 0.2) is 0 Å². The summed E-state index contributed by atoms with van der Waals surface area (Å²) in [6.45, 7) is 0.165. The molecular weight excluding hydrogens is 220 g/mol. The molecule has 1 aromatic rings.